The molecule has 1 amide bonds. The van der Waals surface area contributed by atoms with Crippen LogP contribution < -0.4 is 5.32 Å². The number of hydrogen-bond acceptors (Lipinski definition) is 2. The molecule has 1 N–H and O–H groups in total. The molecule has 0 radical (unpaired) electrons. The molecule has 1 rings (SSSR count). The van der Waals surface area contributed by atoms with Gasteiger partial charge in [0.05, 0.1) is 11.8 Å². The third-order valence-electron chi connectivity index (χ3n) is 1.86. The van der Waals surface area contributed by atoms with Gasteiger partial charge < -0.3 is 9.73 Å². The van der Waals surface area contributed by atoms with Crippen molar-refractivity contribution in [2.45, 2.75) is 26.3 Å². The van der Waals surface area contributed by atoms with Crippen LogP contribution in [0.3, 0.4) is 0 Å². The summed E-state index contributed by atoms with van der Waals surface area (Å²) in [5, 5.41) is 2.68. The first-order valence-corrected chi connectivity index (χ1v) is 4.30. The topological polar surface area (TPSA) is 42.2 Å². The number of carbonyl (C=O) groups is 1. The van der Waals surface area contributed by atoms with Crippen LogP contribution in [0.2, 0.25) is 0 Å². The van der Waals surface area contributed by atoms with E-state index >= 15 is 0 Å². The van der Waals surface area contributed by atoms with E-state index in [2.05, 4.69) is 11.2 Å². The first-order chi connectivity index (χ1) is 6.46. The fourth-order valence-corrected chi connectivity index (χ4v) is 0.982. The van der Waals surface area contributed by atoms with Crippen LogP contribution in [0.25, 0.3) is 0 Å². The third kappa shape index (κ3) is 2.17. The maximum absolute atomic E-state index is 11.6. The van der Waals surface area contributed by atoms with Gasteiger partial charge in [-0.3, -0.25) is 4.79 Å². The van der Waals surface area contributed by atoms with Crippen LogP contribution in [-0.4, -0.2) is 11.4 Å². The van der Waals surface area contributed by atoms with Gasteiger partial charge in [0.15, 0.2) is 5.76 Å². The van der Waals surface area contributed by atoms with Gasteiger partial charge in [0.2, 0.25) is 0 Å². The first kappa shape index (κ1) is 10.4. The minimum atomic E-state index is -0.656. The normalized spacial score (nSPS) is 10.7. The lowest BCUT2D eigenvalue weighted by Gasteiger charge is -2.18. The van der Waals surface area contributed by atoms with Crippen molar-refractivity contribution in [2.75, 3.05) is 0 Å². The zero-order valence-electron chi connectivity index (χ0n) is 8.55. The van der Waals surface area contributed by atoms with Gasteiger partial charge in [-0.1, -0.05) is 5.92 Å². The highest BCUT2D eigenvalue weighted by atomic mass is 16.3. The number of rotatable bonds is 2. The minimum Gasteiger partial charge on any atom is -0.459 e. The molecule has 0 fully saturated rings. The van der Waals surface area contributed by atoms with Gasteiger partial charge in [-0.2, -0.15) is 0 Å². The lowest BCUT2D eigenvalue weighted by atomic mass is 10.1. The molecule has 0 unspecified atom stereocenters. The predicted octanol–water partition coefficient (Wildman–Crippen LogP) is 1.73. The second-order valence-corrected chi connectivity index (χ2v) is 3.66. The summed E-state index contributed by atoms with van der Waals surface area (Å²) in [6.07, 6.45) is 6.73. The summed E-state index contributed by atoms with van der Waals surface area (Å²) in [7, 11) is 0. The molecule has 3 heteroatoms. The van der Waals surface area contributed by atoms with Gasteiger partial charge >= 0.3 is 0 Å². The number of aryl methyl sites for hydroxylation is 1. The van der Waals surface area contributed by atoms with E-state index in [1.807, 2.05) is 0 Å². The molecule has 1 heterocycles. The summed E-state index contributed by atoms with van der Waals surface area (Å²) >= 11 is 0. The predicted molar refractivity (Wildman–Crippen MR) is 53.8 cm³/mol. The smallest absolute Gasteiger partial charge is 0.288 e. The maximum atomic E-state index is 11.6. The maximum Gasteiger partial charge on any atom is 0.288 e. The molecule has 0 aromatic carbocycles. The van der Waals surface area contributed by atoms with Crippen molar-refractivity contribution in [2.24, 2.45) is 0 Å². The van der Waals surface area contributed by atoms with Crippen LogP contribution >= 0.6 is 0 Å². The minimum absolute atomic E-state index is 0.282. The monoisotopic (exact) mass is 191 g/mol. The van der Waals surface area contributed by atoms with Gasteiger partial charge in [0.25, 0.3) is 5.91 Å². The van der Waals surface area contributed by atoms with Gasteiger partial charge in [-0.15, -0.1) is 6.42 Å². The molecule has 0 aliphatic carbocycles. The van der Waals surface area contributed by atoms with E-state index in [-0.39, 0.29) is 5.91 Å². The molecule has 3 nitrogen and oxygen atoms in total. The Hall–Kier alpha value is -1.69. The van der Waals surface area contributed by atoms with Crippen molar-refractivity contribution >= 4 is 5.91 Å². The molecule has 14 heavy (non-hydrogen) atoms. The lowest BCUT2D eigenvalue weighted by molar-refractivity contribution is 0.0901. The van der Waals surface area contributed by atoms with E-state index in [1.54, 1.807) is 26.8 Å². The van der Waals surface area contributed by atoms with Gasteiger partial charge in [0, 0.05) is 5.56 Å². The van der Waals surface area contributed by atoms with E-state index in [0.717, 1.165) is 5.56 Å². The molecule has 1 aromatic heterocycles. The van der Waals surface area contributed by atoms with Crippen molar-refractivity contribution in [1.82, 2.24) is 5.32 Å². The fraction of sp³-hybridized carbons (Fsp3) is 0.364. The molecule has 0 aliphatic heterocycles. The largest absolute Gasteiger partial charge is 0.459 e. The Morgan fingerprint density at radius 1 is 1.64 bits per heavy atom. The molecule has 0 saturated heterocycles. The Morgan fingerprint density at radius 2 is 2.29 bits per heavy atom. The Bertz CT molecular complexity index is 382. The Morgan fingerprint density at radius 3 is 2.71 bits per heavy atom. The number of furan rings is 1. The van der Waals surface area contributed by atoms with Crippen LogP contribution in [-0.2, 0) is 0 Å². The zero-order valence-corrected chi connectivity index (χ0v) is 8.55. The summed E-state index contributed by atoms with van der Waals surface area (Å²) in [4.78, 5) is 11.6. The molecule has 0 aliphatic rings. The Labute approximate surface area is 83.5 Å². The summed E-state index contributed by atoms with van der Waals surface area (Å²) in [5.74, 6) is 2.51. The number of carbonyl (C=O) groups excluding carboxylic acids is 1. The number of hydrogen-bond donors (Lipinski definition) is 1. The van der Waals surface area contributed by atoms with Gasteiger partial charge in [-0.05, 0) is 26.8 Å². The summed E-state index contributed by atoms with van der Waals surface area (Å²) in [6, 6.07) is 1.73. The van der Waals surface area contributed by atoms with Crippen molar-refractivity contribution in [3.05, 3.63) is 23.7 Å². The molecular weight excluding hydrogens is 178 g/mol. The Kier molecular flexibility index (Phi) is 2.66. The van der Waals surface area contributed by atoms with Crippen molar-refractivity contribution in [1.29, 1.82) is 0 Å². The Balaban J connectivity index is 2.80. The van der Waals surface area contributed by atoms with E-state index < -0.39 is 5.54 Å². The average molecular weight is 191 g/mol. The summed E-state index contributed by atoms with van der Waals surface area (Å²) in [6.45, 7) is 5.31. The van der Waals surface area contributed by atoms with Crippen molar-refractivity contribution < 1.29 is 9.21 Å². The van der Waals surface area contributed by atoms with Crippen molar-refractivity contribution in [3.63, 3.8) is 0 Å². The lowest BCUT2D eigenvalue weighted by Crippen LogP contribution is -2.42. The number of amides is 1. The molecule has 0 saturated carbocycles. The first-order valence-electron chi connectivity index (χ1n) is 4.30. The molecule has 1 aromatic rings. The van der Waals surface area contributed by atoms with Crippen LogP contribution in [0.5, 0.6) is 0 Å². The van der Waals surface area contributed by atoms with E-state index in [1.165, 1.54) is 6.26 Å². The van der Waals surface area contributed by atoms with Crippen LogP contribution in [0, 0.1) is 19.3 Å². The molecule has 0 spiro atoms. The van der Waals surface area contributed by atoms with E-state index in [0.29, 0.717) is 5.76 Å². The summed E-state index contributed by atoms with van der Waals surface area (Å²) < 4.78 is 5.04. The number of terminal acetylenes is 1. The quantitative estimate of drug-likeness (QED) is 0.723. The van der Waals surface area contributed by atoms with E-state index in [4.69, 9.17) is 10.8 Å². The van der Waals surface area contributed by atoms with Crippen LogP contribution in [0.1, 0.15) is 30.0 Å². The highest BCUT2D eigenvalue weighted by Crippen LogP contribution is 2.10. The molecule has 0 bridgehead atoms. The second kappa shape index (κ2) is 3.59. The van der Waals surface area contributed by atoms with Gasteiger partial charge in [0.1, 0.15) is 0 Å². The van der Waals surface area contributed by atoms with Gasteiger partial charge in [-0.25, -0.2) is 0 Å². The molecule has 0 atom stereocenters. The third-order valence-corrected chi connectivity index (χ3v) is 1.86. The highest BCUT2D eigenvalue weighted by molar-refractivity contribution is 5.93. The highest BCUT2D eigenvalue weighted by Gasteiger charge is 2.20. The zero-order chi connectivity index (χ0) is 10.8. The molecular formula is C11H13NO2. The van der Waals surface area contributed by atoms with Crippen LogP contribution in [0.4, 0.5) is 0 Å². The van der Waals surface area contributed by atoms with E-state index in [9.17, 15) is 4.79 Å². The SMILES string of the molecule is C#CC(C)(C)NC(=O)c1occc1C. The second-order valence-electron chi connectivity index (χ2n) is 3.66. The molecule has 74 valence electrons. The number of nitrogens with one attached hydrogen (secondary N) is 1. The average Bonchev–Trinajstić information content (AvgIpc) is 2.51. The fourth-order valence-electron chi connectivity index (χ4n) is 0.982. The van der Waals surface area contributed by atoms with Crippen LogP contribution in [0.15, 0.2) is 16.7 Å². The standard InChI is InChI=1S/C11H13NO2/c1-5-11(3,4)12-10(13)9-8(2)6-7-14-9/h1,6-7H,2-4H3,(H,12,13). The van der Waals surface area contributed by atoms with Crippen molar-refractivity contribution in [3.8, 4) is 12.3 Å². The summed E-state index contributed by atoms with van der Waals surface area (Å²) in [5.41, 5.74) is 0.145.